The van der Waals surface area contributed by atoms with Crippen LogP contribution < -0.4 is 4.72 Å². The summed E-state index contributed by atoms with van der Waals surface area (Å²) in [4.78, 5) is 17.0. The van der Waals surface area contributed by atoms with Crippen LogP contribution in [0.5, 0.6) is 0 Å². The summed E-state index contributed by atoms with van der Waals surface area (Å²) >= 11 is 0. The second kappa shape index (κ2) is 12.0. The van der Waals surface area contributed by atoms with Gasteiger partial charge in [-0.15, -0.1) is 0 Å². The molecule has 174 valence electrons. The van der Waals surface area contributed by atoms with Gasteiger partial charge < -0.3 is 10.2 Å². The smallest absolute Gasteiger partial charge is 0.150 e. The number of pyridine rings is 1. The Balaban J connectivity index is 0.00000324. The van der Waals surface area contributed by atoms with Crippen LogP contribution in [0.25, 0.3) is 11.1 Å². The van der Waals surface area contributed by atoms with Crippen molar-refractivity contribution >= 4 is 22.5 Å². The van der Waals surface area contributed by atoms with Gasteiger partial charge in [0.2, 0.25) is 0 Å². The molecule has 0 spiro atoms. The van der Waals surface area contributed by atoms with Crippen molar-refractivity contribution in [2.45, 2.75) is 24.2 Å². The number of halogens is 1. The van der Waals surface area contributed by atoms with Crippen LogP contribution >= 0.6 is 0 Å². The minimum atomic E-state index is -1.59. The fourth-order valence-electron chi connectivity index (χ4n) is 3.53. The number of hydrogen-bond donors (Lipinski definition) is 1. The first-order valence-corrected chi connectivity index (χ1v) is 11.8. The van der Waals surface area contributed by atoms with Crippen LogP contribution in [0.15, 0.2) is 102 Å². The number of benzene rings is 3. The van der Waals surface area contributed by atoms with E-state index >= 15 is 0 Å². The highest BCUT2D eigenvalue weighted by atomic mass is 32.2. The zero-order valence-corrected chi connectivity index (χ0v) is 19.2. The molecule has 1 heterocycles. The van der Waals surface area contributed by atoms with Crippen molar-refractivity contribution in [2.75, 3.05) is 4.72 Å². The Morgan fingerprint density at radius 2 is 1.71 bits per heavy atom. The fraction of sp³-hybridized carbons (Fsp3) is 0.111. The van der Waals surface area contributed by atoms with E-state index in [2.05, 4.69) is 9.71 Å². The van der Waals surface area contributed by atoms with Crippen LogP contribution in [-0.2, 0) is 28.6 Å². The Kier molecular flexibility index (Phi) is 8.79. The summed E-state index contributed by atoms with van der Waals surface area (Å²) in [6.07, 6.45) is 4.33. The van der Waals surface area contributed by atoms with Crippen LogP contribution in [-0.4, -0.2) is 20.5 Å². The standard InChI is InChI=1S/C27H23FN2O2S.H2O/c28-26-18-23(14-13-22(26)17-24(31)15-12-20-7-6-16-29-19-20)30-33(32)27-11-5-4-10-25(27)21-8-2-1-3-9-21;/h1-11,13-14,16,18-19,30H,12,15,17H2;1H2. The maximum Gasteiger partial charge on any atom is 0.150 e. The van der Waals surface area contributed by atoms with E-state index in [0.29, 0.717) is 29.0 Å². The minimum absolute atomic E-state index is 0. The molecule has 3 N–H and O–H groups in total. The van der Waals surface area contributed by atoms with Gasteiger partial charge in [-0.1, -0.05) is 60.7 Å². The average molecular weight is 477 g/mol. The van der Waals surface area contributed by atoms with Crippen LogP contribution in [0.3, 0.4) is 0 Å². The SMILES string of the molecule is O.O=C(CCc1cccnc1)Cc1ccc(NS(=O)c2ccccc2-c2ccccc2)cc1F. The monoisotopic (exact) mass is 476 g/mol. The Hall–Kier alpha value is -3.68. The molecule has 0 saturated carbocycles. The summed E-state index contributed by atoms with van der Waals surface area (Å²) in [5.41, 5.74) is 3.49. The molecule has 7 heteroatoms. The maximum absolute atomic E-state index is 14.7. The van der Waals surface area contributed by atoms with Gasteiger partial charge in [0.25, 0.3) is 0 Å². The summed E-state index contributed by atoms with van der Waals surface area (Å²) in [5, 5.41) is 0. The molecule has 5 nitrogen and oxygen atoms in total. The number of ketones is 1. The predicted octanol–water partition coefficient (Wildman–Crippen LogP) is 4.94. The number of carbonyl (C=O) groups is 1. The fourth-order valence-corrected chi connectivity index (χ4v) is 4.57. The third-order valence-corrected chi connectivity index (χ3v) is 6.41. The maximum atomic E-state index is 14.7. The van der Waals surface area contributed by atoms with E-state index in [1.165, 1.54) is 6.07 Å². The van der Waals surface area contributed by atoms with Crippen LogP contribution in [0, 0.1) is 5.82 Å². The minimum Gasteiger partial charge on any atom is -0.412 e. The lowest BCUT2D eigenvalue weighted by molar-refractivity contribution is -0.118. The summed E-state index contributed by atoms with van der Waals surface area (Å²) in [6.45, 7) is 0. The largest absolute Gasteiger partial charge is 0.412 e. The van der Waals surface area contributed by atoms with Gasteiger partial charge in [-0.3, -0.25) is 9.78 Å². The highest BCUT2D eigenvalue weighted by Crippen LogP contribution is 2.27. The Bertz CT molecular complexity index is 1270. The van der Waals surface area contributed by atoms with Crippen molar-refractivity contribution in [1.82, 2.24) is 4.98 Å². The molecule has 1 atom stereocenters. The molecule has 0 aliphatic rings. The molecule has 3 aromatic carbocycles. The molecule has 34 heavy (non-hydrogen) atoms. The molecule has 4 rings (SSSR count). The van der Waals surface area contributed by atoms with Crippen molar-refractivity contribution in [3.63, 3.8) is 0 Å². The molecule has 0 bridgehead atoms. The van der Waals surface area contributed by atoms with Crippen molar-refractivity contribution < 1.29 is 18.9 Å². The van der Waals surface area contributed by atoms with Crippen molar-refractivity contribution in [3.8, 4) is 11.1 Å². The van der Waals surface area contributed by atoms with Gasteiger partial charge >= 0.3 is 0 Å². The number of aryl methyl sites for hydroxylation is 1. The topological polar surface area (TPSA) is 90.6 Å². The molecule has 0 aliphatic heterocycles. The van der Waals surface area contributed by atoms with Crippen LogP contribution in [0.2, 0.25) is 0 Å². The van der Waals surface area contributed by atoms with Crippen LogP contribution in [0.1, 0.15) is 17.5 Å². The van der Waals surface area contributed by atoms with Gasteiger partial charge in [0, 0.05) is 30.9 Å². The first kappa shape index (κ1) is 25.0. The van der Waals surface area contributed by atoms with E-state index < -0.39 is 16.8 Å². The van der Waals surface area contributed by atoms with Gasteiger partial charge in [-0.2, -0.15) is 0 Å². The zero-order valence-electron chi connectivity index (χ0n) is 18.4. The summed E-state index contributed by atoms with van der Waals surface area (Å²) < 4.78 is 30.6. The third-order valence-electron chi connectivity index (χ3n) is 5.24. The second-order valence-electron chi connectivity index (χ2n) is 7.62. The van der Waals surface area contributed by atoms with Gasteiger partial charge in [0.05, 0.1) is 4.90 Å². The van der Waals surface area contributed by atoms with Gasteiger partial charge in [0.1, 0.15) is 11.6 Å². The lowest BCUT2D eigenvalue weighted by Gasteiger charge is -2.12. The molecule has 4 aromatic rings. The molecule has 0 radical (unpaired) electrons. The van der Waals surface area contributed by atoms with E-state index in [0.717, 1.165) is 16.7 Å². The van der Waals surface area contributed by atoms with Gasteiger partial charge in [0.15, 0.2) is 11.0 Å². The normalized spacial score (nSPS) is 11.3. The van der Waals surface area contributed by atoms with E-state index in [4.69, 9.17) is 0 Å². The number of aromatic nitrogens is 1. The van der Waals surface area contributed by atoms with Crippen LogP contribution in [0.4, 0.5) is 10.1 Å². The first-order chi connectivity index (χ1) is 16.1. The molecular weight excluding hydrogens is 451 g/mol. The summed E-state index contributed by atoms with van der Waals surface area (Å²) in [5.74, 6) is -0.540. The van der Waals surface area contributed by atoms with Gasteiger partial charge in [-0.25, -0.2) is 8.60 Å². The number of hydrogen-bond acceptors (Lipinski definition) is 3. The Labute approximate surface area is 200 Å². The quantitative estimate of drug-likeness (QED) is 0.371. The molecule has 0 amide bonds. The molecule has 0 aliphatic carbocycles. The third kappa shape index (κ3) is 6.43. The van der Waals surface area contributed by atoms with E-state index in [1.54, 1.807) is 30.6 Å². The highest BCUT2D eigenvalue weighted by molar-refractivity contribution is 7.86. The Morgan fingerprint density at radius 3 is 2.44 bits per heavy atom. The second-order valence-corrected chi connectivity index (χ2v) is 8.80. The van der Waals surface area contributed by atoms with Crippen molar-refractivity contribution in [1.29, 1.82) is 0 Å². The Morgan fingerprint density at radius 1 is 0.941 bits per heavy atom. The lowest BCUT2D eigenvalue weighted by Crippen LogP contribution is -2.09. The van der Waals surface area contributed by atoms with Crippen molar-refractivity contribution in [3.05, 3.63) is 114 Å². The lowest BCUT2D eigenvalue weighted by atomic mass is 10.0. The number of nitrogens with zero attached hydrogens (tertiary/aromatic N) is 1. The average Bonchev–Trinajstić information content (AvgIpc) is 2.85. The predicted molar refractivity (Wildman–Crippen MR) is 133 cm³/mol. The number of carbonyl (C=O) groups excluding carboxylic acids is 1. The number of rotatable bonds is 9. The molecular formula is C27H25FN2O3S. The van der Waals surface area contributed by atoms with Crippen molar-refractivity contribution in [2.24, 2.45) is 0 Å². The van der Waals surface area contributed by atoms with E-state index in [1.807, 2.05) is 60.7 Å². The number of nitrogens with one attached hydrogen (secondary N) is 1. The highest BCUT2D eigenvalue weighted by Gasteiger charge is 2.14. The number of anilines is 1. The first-order valence-electron chi connectivity index (χ1n) is 10.6. The van der Waals surface area contributed by atoms with E-state index in [-0.39, 0.29) is 17.7 Å². The molecule has 0 saturated heterocycles. The molecule has 0 fully saturated rings. The summed E-state index contributed by atoms with van der Waals surface area (Å²) in [7, 11) is -1.59. The summed E-state index contributed by atoms with van der Waals surface area (Å²) in [6, 6.07) is 25.3. The molecule has 1 unspecified atom stereocenters. The number of Topliss-reactive ketones (excluding diaryl/α,β-unsaturated/α-hetero) is 1. The molecule has 1 aromatic heterocycles. The zero-order chi connectivity index (χ0) is 23.0. The van der Waals surface area contributed by atoms with Gasteiger partial charge in [-0.05, 0) is 52.9 Å². The van der Waals surface area contributed by atoms with E-state index in [9.17, 15) is 13.4 Å².